The summed E-state index contributed by atoms with van der Waals surface area (Å²) in [5.41, 5.74) is 3.83. The number of hydrogen-bond acceptors (Lipinski definition) is 12. The quantitative estimate of drug-likeness (QED) is 0.0569. The molecule has 5 rings (SSSR count). The number of anilines is 4. The minimum atomic E-state index is -4.30. The number of nitrogens with one attached hydrogen (secondary N) is 4. The van der Waals surface area contributed by atoms with Crippen LogP contribution in [0, 0.1) is 41.5 Å². The second kappa shape index (κ2) is 16.6. The van der Waals surface area contributed by atoms with Crippen LogP contribution in [0.3, 0.4) is 0 Å². The predicted molar refractivity (Wildman–Crippen MR) is 220 cm³/mol. The van der Waals surface area contributed by atoms with Gasteiger partial charge in [0.2, 0.25) is 20.0 Å². The zero-order valence-corrected chi connectivity index (χ0v) is 35.7. The molecule has 6 N–H and O–H groups in total. The molecule has 0 aromatic heterocycles. The van der Waals surface area contributed by atoms with Gasteiger partial charge in [-0.1, -0.05) is 36.4 Å². The molecule has 0 radical (unpaired) electrons. The molecular formula is C38H44N4O12S4. The van der Waals surface area contributed by atoms with Crippen molar-refractivity contribution in [2.75, 3.05) is 35.2 Å². The van der Waals surface area contributed by atoms with Crippen LogP contribution in [0.1, 0.15) is 78.1 Å². The summed E-state index contributed by atoms with van der Waals surface area (Å²) < 4.78 is 122. The Morgan fingerprint density at radius 2 is 0.862 bits per heavy atom. The van der Waals surface area contributed by atoms with Gasteiger partial charge in [0.05, 0.1) is 43.8 Å². The van der Waals surface area contributed by atoms with Gasteiger partial charge < -0.3 is 10.6 Å². The normalized spacial score (nSPS) is 13.3. The average molecular weight is 877 g/mol. The number of sulfonamides is 2. The molecule has 1 aliphatic rings. The zero-order chi connectivity index (χ0) is 43.1. The summed E-state index contributed by atoms with van der Waals surface area (Å²) in [6.45, 7) is 9.28. The SMILES string of the molecule is Cc1cc(C)c(S(=O)(=O)NCCCS(=O)(=O)O)c(C)c1Nc1ccc(Nc2c(C)cc(C)c(S(=O)(=O)NCCCS(=O)(=O)O)c2C)c2c1C(=O)c1ccccc1C2=O. The fraction of sp³-hybridized carbons (Fsp3) is 0.316. The van der Waals surface area contributed by atoms with Crippen molar-refractivity contribution in [3.8, 4) is 0 Å². The third-order valence-electron chi connectivity index (χ3n) is 9.68. The van der Waals surface area contributed by atoms with Crippen LogP contribution >= 0.6 is 0 Å². The van der Waals surface area contributed by atoms with E-state index in [2.05, 4.69) is 20.1 Å². The first kappa shape index (κ1) is 44.6. The van der Waals surface area contributed by atoms with Crippen LogP contribution in [0.4, 0.5) is 22.7 Å². The topological polar surface area (TPSA) is 259 Å². The van der Waals surface area contributed by atoms with Gasteiger partial charge in [-0.25, -0.2) is 26.3 Å². The molecule has 0 unspecified atom stereocenters. The summed E-state index contributed by atoms with van der Waals surface area (Å²) in [4.78, 5) is 28.5. The molecule has 312 valence electrons. The minimum Gasteiger partial charge on any atom is -0.354 e. The van der Waals surface area contributed by atoms with Crippen molar-refractivity contribution in [1.29, 1.82) is 0 Å². The van der Waals surface area contributed by atoms with Gasteiger partial charge in [-0.3, -0.25) is 18.7 Å². The van der Waals surface area contributed by atoms with Crippen molar-refractivity contribution in [2.24, 2.45) is 0 Å². The fourth-order valence-corrected chi connectivity index (χ4v) is 11.4. The van der Waals surface area contributed by atoms with Crippen LogP contribution in [-0.4, -0.2) is 78.9 Å². The van der Waals surface area contributed by atoms with Gasteiger partial charge in [-0.05, 0) is 99.9 Å². The Labute approximate surface area is 338 Å². The number of fused-ring (bicyclic) bond motifs is 2. The number of hydrogen-bond donors (Lipinski definition) is 6. The summed E-state index contributed by atoms with van der Waals surface area (Å²) in [5.74, 6) is -2.27. The van der Waals surface area contributed by atoms with E-state index in [9.17, 15) is 43.3 Å². The van der Waals surface area contributed by atoms with Crippen molar-refractivity contribution >= 4 is 74.6 Å². The van der Waals surface area contributed by atoms with Gasteiger partial charge in [0.1, 0.15) is 0 Å². The highest BCUT2D eigenvalue weighted by Gasteiger charge is 2.35. The van der Waals surface area contributed by atoms with Crippen molar-refractivity contribution < 1.29 is 52.4 Å². The number of benzene rings is 4. The number of carbonyl (C=O) groups excluding carboxylic acids is 2. The monoisotopic (exact) mass is 876 g/mol. The molecule has 16 nitrogen and oxygen atoms in total. The van der Waals surface area contributed by atoms with Gasteiger partial charge in [-0.2, -0.15) is 16.8 Å². The van der Waals surface area contributed by atoms with E-state index in [1.54, 1.807) is 77.9 Å². The lowest BCUT2D eigenvalue weighted by Crippen LogP contribution is -2.28. The highest BCUT2D eigenvalue weighted by molar-refractivity contribution is 7.90. The van der Waals surface area contributed by atoms with Crippen LogP contribution in [0.2, 0.25) is 0 Å². The van der Waals surface area contributed by atoms with E-state index in [0.717, 1.165) is 0 Å². The molecule has 0 saturated heterocycles. The van der Waals surface area contributed by atoms with E-state index < -0.39 is 63.4 Å². The summed E-state index contributed by atoms with van der Waals surface area (Å²) in [6, 6.07) is 12.7. The maximum absolute atomic E-state index is 14.4. The van der Waals surface area contributed by atoms with Gasteiger partial charge in [0.15, 0.2) is 11.6 Å². The molecular weight excluding hydrogens is 833 g/mol. The molecule has 0 bridgehead atoms. The highest BCUT2D eigenvalue weighted by Crippen LogP contribution is 2.42. The van der Waals surface area contributed by atoms with E-state index in [1.807, 2.05) is 0 Å². The molecule has 20 heteroatoms. The Morgan fingerprint density at radius 3 is 1.19 bits per heavy atom. The Kier molecular flexibility index (Phi) is 12.8. The molecule has 0 heterocycles. The first-order valence-electron chi connectivity index (χ1n) is 17.9. The zero-order valence-electron chi connectivity index (χ0n) is 32.5. The molecule has 0 spiro atoms. The summed E-state index contributed by atoms with van der Waals surface area (Å²) in [5, 5.41) is 6.43. The Bertz CT molecular complexity index is 2630. The van der Waals surface area contributed by atoms with Crippen LogP contribution in [0.25, 0.3) is 0 Å². The molecule has 0 amide bonds. The second-order valence-electron chi connectivity index (χ2n) is 14.1. The van der Waals surface area contributed by atoms with E-state index in [1.165, 1.54) is 12.1 Å². The molecule has 0 atom stereocenters. The fourth-order valence-electron chi connectivity index (χ4n) is 7.31. The van der Waals surface area contributed by atoms with Crippen molar-refractivity contribution in [3.63, 3.8) is 0 Å². The van der Waals surface area contributed by atoms with Crippen LogP contribution < -0.4 is 20.1 Å². The Balaban J connectivity index is 1.60. The van der Waals surface area contributed by atoms with E-state index in [-0.39, 0.29) is 80.5 Å². The largest absolute Gasteiger partial charge is 0.354 e. The summed E-state index contributed by atoms with van der Waals surface area (Å²) >= 11 is 0. The number of ketones is 2. The number of rotatable bonds is 16. The van der Waals surface area contributed by atoms with Gasteiger partial charge in [-0.15, -0.1) is 0 Å². The molecule has 4 aromatic rings. The second-order valence-corrected chi connectivity index (χ2v) is 20.7. The Morgan fingerprint density at radius 1 is 0.517 bits per heavy atom. The average Bonchev–Trinajstić information content (AvgIpc) is 3.10. The molecule has 1 aliphatic carbocycles. The van der Waals surface area contributed by atoms with Crippen molar-refractivity contribution in [1.82, 2.24) is 9.44 Å². The van der Waals surface area contributed by atoms with Crippen LogP contribution in [0.15, 0.2) is 58.3 Å². The van der Waals surface area contributed by atoms with Crippen molar-refractivity contribution in [3.05, 3.63) is 104 Å². The number of carbonyl (C=O) groups is 2. The van der Waals surface area contributed by atoms with Crippen molar-refractivity contribution in [2.45, 2.75) is 64.2 Å². The van der Waals surface area contributed by atoms with E-state index >= 15 is 0 Å². The summed E-state index contributed by atoms with van der Waals surface area (Å²) in [6.07, 6.45) is -0.348. The number of aryl methyl sites for hydroxylation is 4. The van der Waals surface area contributed by atoms with Gasteiger partial charge >= 0.3 is 0 Å². The van der Waals surface area contributed by atoms with Crippen LogP contribution in [-0.2, 0) is 40.3 Å². The molecule has 0 aliphatic heterocycles. The lowest BCUT2D eigenvalue weighted by atomic mass is 9.82. The minimum absolute atomic E-state index is 0.0171. The van der Waals surface area contributed by atoms with Gasteiger partial charge in [0.25, 0.3) is 20.2 Å². The maximum atomic E-state index is 14.4. The lowest BCUT2D eigenvalue weighted by Gasteiger charge is -2.26. The maximum Gasteiger partial charge on any atom is 0.264 e. The molecule has 0 fully saturated rings. The molecule has 58 heavy (non-hydrogen) atoms. The lowest BCUT2D eigenvalue weighted by molar-refractivity contribution is 0.0980. The molecule has 0 saturated carbocycles. The smallest absolute Gasteiger partial charge is 0.264 e. The Hall–Kier alpha value is -4.54. The van der Waals surface area contributed by atoms with Crippen LogP contribution in [0.5, 0.6) is 0 Å². The predicted octanol–water partition coefficient (Wildman–Crippen LogP) is 4.91. The standard InChI is InChI=1S/C38H44N4O12S4/c1-21-19-23(3)37(57(51,52)39-15-9-17-55(45,46)47)25(5)33(21)41-29-13-14-30(32-31(29)35(43)27-11-7-8-12-28(27)36(32)44)42-34-22(2)20-24(4)38(26(34)6)58(53,54)40-16-10-18-56(48,49)50/h7-8,11-14,19-20,39-42H,9-10,15-18H2,1-6H3,(H,45,46,47)(H,48,49,50). The first-order valence-corrected chi connectivity index (χ1v) is 24.0. The van der Waals surface area contributed by atoms with Gasteiger partial charge in [0, 0.05) is 35.6 Å². The summed E-state index contributed by atoms with van der Waals surface area (Å²) in [7, 11) is -17.0. The van der Waals surface area contributed by atoms with E-state index in [0.29, 0.717) is 33.6 Å². The first-order chi connectivity index (χ1) is 26.8. The third-order valence-corrected chi connectivity index (χ3v) is 14.8. The highest BCUT2D eigenvalue weighted by atomic mass is 32.2. The molecule has 4 aromatic carbocycles. The third kappa shape index (κ3) is 9.50. The van der Waals surface area contributed by atoms with E-state index in [4.69, 9.17) is 9.11 Å².